The van der Waals surface area contributed by atoms with Crippen molar-refractivity contribution in [1.29, 1.82) is 0 Å². The van der Waals surface area contributed by atoms with Gasteiger partial charge < -0.3 is 0 Å². The van der Waals surface area contributed by atoms with E-state index in [1.54, 1.807) is 24.3 Å². The molecule has 0 N–H and O–H groups in total. The van der Waals surface area contributed by atoms with Gasteiger partial charge in [-0.25, -0.2) is 8.78 Å². The van der Waals surface area contributed by atoms with Crippen LogP contribution in [0.25, 0.3) is 11.1 Å². The van der Waals surface area contributed by atoms with Crippen LogP contribution in [0.15, 0.2) is 36.4 Å². The lowest BCUT2D eigenvalue weighted by atomic mass is 10.1. The minimum Gasteiger partial charge on any atom is -0.203 e. The van der Waals surface area contributed by atoms with Crippen molar-refractivity contribution in [2.75, 3.05) is 0 Å². The van der Waals surface area contributed by atoms with Crippen LogP contribution in [0.1, 0.15) is 0 Å². The van der Waals surface area contributed by atoms with Gasteiger partial charge in [0.25, 0.3) is 0 Å². The summed E-state index contributed by atoms with van der Waals surface area (Å²) < 4.78 is 27.0. The second-order valence-electron chi connectivity index (χ2n) is 3.45. The largest absolute Gasteiger partial charge is 0.203 e. The first-order valence-corrected chi connectivity index (χ1v) is 5.84. The maximum atomic E-state index is 13.7. The second kappa shape index (κ2) is 4.57. The standard InChI is InChI=1S/C12H10F2P2/c13-11-9(5-6-10(16)12(11)14)7-1-3-8(15)4-2-7/h1-6H,15-16H2. The maximum Gasteiger partial charge on any atom is 0.167 e. The lowest BCUT2D eigenvalue weighted by molar-refractivity contribution is 0.517. The van der Waals surface area contributed by atoms with Gasteiger partial charge in [-0.1, -0.05) is 36.4 Å². The molecular formula is C12H10F2P2. The van der Waals surface area contributed by atoms with Crippen molar-refractivity contribution in [2.45, 2.75) is 0 Å². The van der Waals surface area contributed by atoms with E-state index in [2.05, 4.69) is 18.5 Å². The first-order valence-electron chi connectivity index (χ1n) is 4.69. The lowest BCUT2D eigenvalue weighted by Gasteiger charge is -2.06. The van der Waals surface area contributed by atoms with E-state index in [9.17, 15) is 8.78 Å². The molecule has 0 radical (unpaired) electrons. The van der Waals surface area contributed by atoms with E-state index >= 15 is 0 Å². The Bertz CT molecular complexity index is 521. The molecule has 0 fully saturated rings. The van der Waals surface area contributed by atoms with Gasteiger partial charge >= 0.3 is 0 Å². The summed E-state index contributed by atoms with van der Waals surface area (Å²) in [7, 11) is 4.72. The van der Waals surface area contributed by atoms with Crippen LogP contribution >= 0.6 is 18.5 Å². The van der Waals surface area contributed by atoms with Crippen LogP contribution < -0.4 is 10.6 Å². The average Bonchev–Trinajstić information content (AvgIpc) is 2.28. The predicted molar refractivity (Wildman–Crippen MR) is 70.5 cm³/mol. The SMILES string of the molecule is Fc1c(P)ccc(-c2ccc(P)cc2)c1F. The van der Waals surface area contributed by atoms with Crippen molar-refractivity contribution in [2.24, 2.45) is 0 Å². The summed E-state index contributed by atoms with van der Waals surface area (Å²) in [5.74, 6) is -1.61. The van der Waals surface area contributed by atoms with Gasteiger partial charge in [0.2, 0.25) is 0 Å². The van der Waals surface area contributed by atoms with E-state index in [1.165, 1.54) is 0 Å². The molecule has 2 aromatic carbocycles. The normalized spacial score (nSPS) is 10.5. The van der Waals surface area contributed by atoms with Gasteiger partial charge in [0, 0.05) is 10.9 Å². The fourth-order valence-corrected chi connectivity index (χ4v) is 1.87. The highest BCUT2D eigenvalue weighted by molar-refractivity contribution is 7.27. The van der Waals surface area contributed by atoms with E-state index in [-0.39, 0.29) is 10.9 Å². The average molecular weight is 254 g/mol. The summed E-state index contributed by atoms with van der Waals surface area (Å²) in [6.45, 7) is 0. The highest BCUT2D eigenvalue weighted by Gasteiger charge is 2.12. The summed E-state index contributed by atoms with van der Waals surface area (Å²) in [6.07, 6.45) is 0. The first-order chi connectivity index (χ1) is 7.59. The van der Waals surface area contributed by atoms with Crippen molar-refractivity contribution in [3.05, 3.63) is 48.0 Å². The Balaban J connectivity index is 2.57. The lowest BCUT2D eigenvalue weighted by Crippen LogP contribution is -2.03. The number of benzene rings is 2. The molecule has 16 heavy (non-hydrogen) atoms. The van der Waals surface area contributed by atoms with Crippen molar-refractivity contribution >= 4 is 29.1 Å². The van der Waals surface area contributed by atoms with Crippen LogP contribution in [0.3, 0.4) is 0 Å². The maximum absolute atomic E-state index is 13.7. The third-order valence-electron chi connectivity index (χ3n) is 2.33. The van der Waals surface area contributed by atoms with Crippen molar-refractivity contribution in [3.8, 4) is 11.1 Å². The third-order valence-corrected chi connectivity index (χ3v) is 3.16. The van der Waals surface area contributed by atoms with Crippen LogP contribution in [0.5, 0.6) is 0 Å². The zero-order valence-electron chi connectivity index (χ0n) is 8.37. The Morgan fingerprint density at radius 3 is 2.00 bits per heavy atom. The van der Waals surface area contributed by atoms with Crippen LogP contribution in [-0.4, -0.2) is 0 Å². The summed E-state index contributed by atoms with van der Waals surface area (Å²) in [6, 6.07) is 10.3. The fourth-order valence-electron chi connectivity index (χ4n) is 1.45. The molecule has 4 heteroatoms. The number of rotatable bonds is 1. The zero-order chi connectivity index (χ0) is 11.7. The Morgan fingerprint density at radius 1 is 0.750 bits per heavy atom. The third kappa shape index (κ3) is 2.14. The molecule has 2 rings (SSSR count). The smallest absolute Gasteiger partial charge is 0.167 e. The van der Waals surface area contributed by atoms with Crippen LogP contribution in [0.2, 0.25) is 0 Å². The zero-order valence-corrected chi connectivity index (χ0v) is 10.7. The molecule has 82 valence electrons. The molecule has 0 amide bonds. The molecule has 0 saturated heterocycles. The molecule has 0 heterocycles. The Morgan fingerprint density at radius 2 is 1.38 bits per heavy atom. The molecule has 0 spiro atoms. The minimum atomic E-state index is -0.808. The highest BCUT2D eigenvalue weighted by atomic mass is 31.0. The van der Waals surface area contributed by atoms with E-state index in [0.717, 1.165) is 5.30 Å². The summed E-state index contributed by atoms with van der Waals surface area (Å²) in [5.41, 5.74) is 0.960. The molecule has 0 bridgehead atoms. The minimum absolute atomic E-state index is 0.240. The van der Waals surface area contributed by atoms with Crippen LogP contribution in [-0.2, 0) is 0 Å². The van der Waals surface area contributed by atoms with Gasteiger partial charge in [-0.15, -0.1) is 18.5 Å². The molecule has 0 aromatic heterocycles. The molecule has 2 aromatic rings. The molecule has 0 aliphatic rings. The summed E-state index contributed by atoms with van der Waals surface area (Å²) in [4.78, 5) is 0. The first kappa shape index (κ1) is 11.6. The van der Waals surface area contributed by atoms with E-state index < -0.39 is 11.6 Å². The summed E-state index contributed by atoms with van der Waals surface area (Å²) >= 11 is 0. The monoisotopic (exact) mass is 254 g/mol. The molecular weight excluding hydrogens is 244 g/mol. The van der Waals surface area contributed by atoms with Crippen LogP contribution in [0, 0.1) is 11.6 Å². The molecule has 0 aliphatic heterocycles. The molecule has 0 aliphatic carbocycles. The fraction of sp³-hybridized carbons (Fsp3) is 0. The Labute approximate surface area is 97.5 Å². The Kier molecular flexibility index (Phi) is 3.33. The van der Waals surface area contributed by atoms with Crippen molar-refractivity contribution in [3.63, 3.8) is 0 Å². The Hall–Kier alpha value is -0.840. The number of hydrogen-bond donors (Lipinski definition) is 0. The predicted octanol–water partition coefficient (Wildman–Crippen LogP) is 2.63. The van der Waals surface area contributed by atoms with E-state index in [0.29, 0.717) is 5.56 Å². The van der Waals surface area contributed by atoms with Gasteiger partial charge in [-0.3, -0.25) is 0 Å². The van der Waals surface area contributed by atoms with E-state index in [4.69, 9.17) is 0 Å². The second-order valence-corrected chi connectivity index (χ2v) is 4.74. The summed E-state index contributed by atoms with van der Waals surface area (Å²) in [5, 5.41) is 1.25. The topological polar surface area (TPSA) is 0 Å². The van der Waals surface area contributed by atoms with Crippen LogP contribution in [0.4, 0.5) is 8.78 Å². The molecule has 0 saturated carbocycles. The van der Waals surface area contributed by atoms with Crippen molar-refractivity contribution in [1.82, 2.24) is 0 Å². The molecule has 2 unspecified atom stereocenters. The van der Waals surface area contributed by atoms with Gasteiger partial charge in [0.15, 0.2) is 11.6 Å². The quantitative estimate of drug-likeness (QED) is 0.686. The highest BCUT2D eigenvalue weighted by Crippen LogP contribution is 2.23. The molecule has 2 atom stereocenters. The number of halogens is 2. The van der Waals surface area contributed by atoms with Gasteiger partial charge in [-0.2, -0.15) is 0 Å². The van der Waals surface area contributed by atoms with Gasteiger partial charge in [-0.05, 0) is 10.9 Å². The van der Waals surface area contributed by atoms with Gasteiger partial charge in [0.1, 0.15) is 0 Å². The number of hydrogen-bond acceptors (Lipinski definition) is 0. The van der Waals surface area contributed by atoms with E-state index in [1.807, 2.05) is 12.1 Å². The molecule has 0 nitrogen and oxygen atoms in total. The van der Waals surface area contributed by atoms with Gasteiger partial charge in [0.05, 0.1) is 0 Å². The van der Waals surface area contributed by atoms with Crippen molar-refractivity contribution < 1.29 is 8.78 Å².